The number of nitrogens with zero attached hydrogens (tertiary/aromatic N) is 4. The topological polar surface area (TPSA) is 70.5 Å². The summed E-state index contributed by atoms with van der Waals surface area (Å²) in [7, 11) is 1.64. The van der Waals surface area contributed by atoms with E-state index in [0.29, 0.717) is 5.96 Å². The Hall–Kier alpha value is -3.02. The summed E-state index contributed by atoms with van der Waals surface area (Å²) >= 11 is 0. The average molecular weight is 335 g/mol. The van der Waals surface area contributed by atoms with Crippen molar-refractivity contribution in [1.29, 1.82) is 0 Å². The summed E-state index contributed by atoms with van der Waals surface area (Å²) in [5.41, 5.74) is 2.99. The smallest absolute Gasteiger partial charge is 0.244 e. The lowest BCUT2D eigenvalue weighted by atomic mass is 9.85. The lowest BCUT2D eigenvalue weighted by Gasteiger charge is -2.21. The number of carbonyl (C=O) groups excluding carboxylic acids is 1. The van der Waals surface area contributed by atoms with Crippen molar-refractivity contribution in [1.82, 2.24) is 15.3 Å². The number of hydrogen-bond acceptors (Lipinski definition) is 4. The van der Waals surface area contributed by atoms with Gasteiger partial charge in [0.2, 0.25) is 11.9 Å². The first-order valence-electron chi connectivity index (χ1n) is 8.02. The molecule has 1 amide bonds. The molecule has 0 fully saturated rings. The second kappa shape index (κ2) is 6.12. The molecule has 1 aromatic heterocycles. The van der Waals surface area contributed by atoms with Crippen LogP contribution in [0.4, 0.5) is 5.69 Å². The van der Waals surface area contributed by atoms with Gasteiger partial charge in [-0.2, -0.15) is 0 Å². The zero-order chi connectivity index (χ0) is 18.2. The predicted octanol–water partition coefficient (Wildman–Crippen LogP) is 2.80. The largest absolute Gasteiger partial charge is 0.333 e. The Morgan fingerprint density at radius 3 is 2.56 bits per heavy atom. The number of fused-ring (bicyclic) bond motifs is 1. The number of hydrogen-bond donors (Lipinski definition) is 1. The van der Waals surface area contributed by atoms with Gasteiger partial charge in [-0.3, -0.25) is 9.79 Å². The van der Waals surface area contributed by atoms with Gasteiger partial charge in [0.05, 0.1) is 11.1 Å². The number of aliphatic imine (C=N–C) groups is 1. The minimum Gasteiger partial charge on any atom is -0.333 e. The molecule has 1 aliphatic heterocycles. The maximum atomic E-state index is 13.0. The van der Waals surface area contributed by atoms with E-state index in [0.717, 1.165) is 28.2 Å². The fourth-order valence-electron chi connectivity index (χ4n) is 3.00. The van der Waals surface area contributed by atoms with Gasteiger partial charge in [0.1, 0.15) is 5.82 Å². The Morgan fingerprint density at radius 2 is 1.96 bits per heavy atom. The van der Waals surface area contributed by atoms with Gasteiger partial charge in [-0.1, -0.05) is 18.7 Å². The van der Waals surface area contributed by atoms with Crippen molar-refractivity contribution < 1.29 is 4.79 Å². The average Bonchev–Trinajstić information content (AvgIpc) is 2.80. The second-order valence-electron chi connectivity index (χ2n) is 6.41. The van der Waals surface area contributed by atoms with Crippen LogP contribution in [0, 0.1) is 6.92 Å². The first kappa shape index (κ1) is 16.8. The minimum absolute atomic E-state index is 0.0326. The number of nitrogens with one attached hydrogen (secondary N) is 1. The van der Waals surface area contributed by atoms with Crippen molar-refractivity contribution in [2.45, 2.75) is 26.2 Å². The Morgan fingerprint density at radius 1 is 1.28 bits per heavy atom. The lowest BCUT2D eigenvalue weighted by Crippen LogP contribution is -2.45. The van der Waals surface area contributed by atoms with E-state index in [-0.39, 0.29) is 5.91 Å². The van der Waals surface area contributed by atoms with E-state index in [1.165, 1.54) is 6.20 Å². The number of benzene rings is 1. The minimum atomic E-state index is -0.629. The number of carbonyl (C=O) groups is 1. The molecule has 25 heavy (non-hydrogen) atoms. The molecule has 0 radical (unpaired) electrons. The van der Waals surface area contributed by atoms with Gasteiger partial charge < -0.3 is 5.32 Å². The maximum Gasteiger partial charge on any atom is 0.244 e. The highest BCUT2D eigenvalue weighted by atomic mass is 16.2. The summed E-state index contributed by atoms with van der Waals surface area (Å²) in [4.78, 5) is 27.3. The van der Waals surface area contributed by atoms with Gasteiger partial charge >= 0.3 is 0 Å². The van der Waals surface area contributed by atoms with Crippen LogP contribution in [0.3, 0.4) is 0 Å². The van der Waals surface area contributed by atoms with Crippen molar-refractivity contribution >= 4 is 17.6 Å². The molecule has 0 bridgehead atoms. The van der Waals surface area contributed by atoms with E-state index in [1.807, 2.05) is 39.0 Å². The van der Waals surface area contributed by atoms with E-state index < -0.39 is 5.41 Å². The van der Waals surface area contributed by atoms with Crippen LogP contribution in [0.15, 0.2) is 48.4 Å². The molecule has 0 atom stereocenters. The third kappa shape index (κ3) is 2.69. The Kier molecular flexibility index (Phi) is 4.12. The van der Waals surface area contributed by atoms with Gasteiger partial charge in [-0.25, -0.2) is 14.9 Å². The summed E-state index contributed by atoms with van der Waals surface area (Å²) in [5, 5.41) is 2.94. The van der Waals surface area contributed by atoms with Crippen molar-refractivity contribution in [3.05, 3.63) is 54.8 Å². The molecule has 0 saturated heterocycles. The van der Waals surface area contributed by atoms with E-state index >= 15 is 0 Å². The van der Waals surface area contributed by atoms with Crippen LogP contribution in [-0.4, -0.2) is 28.9 Å². The van der Waals surface area contributed by atoms with Crippen LogP contribution in [0.1, 0.15) is 25.2 Å². The molecule has 0 unspecified atom stereocenters. The van der Waals surface area contributed by atoms with Gasteiger partial charge in [-0.05, 0) is 44.2 Å². The molecule has 1 aromatic carbocycles. The van der Waals surface area contributed by atoms with E-state index in [9.17, 15) is 4.79 Å². The standard InChI is InChI=1S/C19H21N5O/c1-6-21-18(20-5)24-16-9-13(14-10-22-12(2)23-11-14)7-8-15(16)19(3,4)17(24)25/h6-11H,1H2,2-5H3,(H,20,21). The molecular formula is C19H21N5O. The van der Waals surface area contributed by atoms with Crippen LogP contribution in [0.2, 0.25) is 0 Å². The highest BCUT2D eigenvalue weighted by Crippen LogP contribution is 2.43. The zero-order valence-corrected chi connectivity index (χ0v) is 14.9. The molecule has 3 rings (SSSR count). The number of anilines is 1. The van der Waals surface area contributed by atoms with Gasteiger partial charge in [0.15, 0.2) is 0 Å². The van der Waals surface area contributed by atoms with Crippen molar-refractivity contribution in [2.24, 2.45) is 4.99 Å². The molecule has 1 aliphatic rings. The molecule has 1 N–H and O–H groups in total. The summed E-state index contributed by atoms with van der Waals surface area (Å²) in [6, 6.07) is 5.96. The molecule has 128 valence electrons. The van der Waals surface area contributed by atoms with E-state index in [2.05, 4.69) is 26.9 Å². The molecule has 6 heteroatoms. The molecule has 2 heterocycles. The quantitative estimate of drug-likeness (QED) is 0.677. The predicted molar refractivity (Wildman–Crippen MR) is 99.4 cm³/mol. The van der Waals surface area contributed by atoms with Crippen molar-refractivity contribution in [3.8, 4) is 11.1 Å². The number of amides is 1. The molecule has 0 saturated carbocycles. The van der Waals surface area contributed by atoms with E-state index in [1.54, 1.807) is 24.3 Å². The van der Waals surface area contributed by atoms with E-state index in [4.69, 9.17) is 0 Å². The normalized spacial score (nSPS) is 15.9. The number of guanidine groups is 1. The van der Waals surface area contributed by atoms with Crippen LogP contribution < -0.4 is 10.2 Å². The third-order valence-corrected chi connectivity index (χ3v) is 4.42. The molecule has 0 aliphatic carbocycles. The third-order valence-electron chi connectivity index (χ3n) is 4.42. The van der Waals surface area contributed by atoms with Crippen LogP contribution >= 0.6 is 0 Å². The maximum absolute atomic E-state index is 13.0. The SMILES string of the molecule is C=CNC(=NC)N1C(=O)C(C)(C)c2ccc(-c3cnc(C)nc3)cc21. The summed E-state index contributed by atoms with van der Waals surface area (Å²) < 4.78 is 0. The Labute approximate surface area is 147 Å². The summed E-state index contributed by atoms with van der Waals surface area (Å²) in [6.07, 6.45) is 5.08. The number of aryl methyl sites for hydroxylation is 1. The fourth-order valence-corrected chi connectivity index (χ4v) is 3.00. The first-order chi connectivity index (χ1) is 11.9. The monoisotopic (exact) mass is 335 g/mol. The van der Waals surface area contributed by atoms with Gasteiger partial charge in [0.25, 0.3) is 0 Å². The van der Waals surface area contributed by atoms with Crippen LogP contribution in [0.5, 0.6) is 0 Å². The highest BCUT2D eigenvalue weighted by molar-refractivity contribution is 6.23. The van der Waals surface area contributed by atoms with Crippen molar-refractivity contribution in [3.63, 3.8) is 0 Å². The molecule has 2 aromatic rings. The van der Waals surface area contributed by atoms with Crippen LogP contribution in [-0.2, 0) is 10.2 Å². The van der Waals surface area contributed by atoms with Gasteiger partial charge in [0, 0.05) is 25.0 Å². The molecule has 0 spiro atoms. The first-order valence-corrected chi connectivity index (χ1v) is 8.02. The van der Waals surface area contributed by atoms with Crippen LogP contribution in [0.25, 0.3) is 11.1 Å². The molecular weight excluding hydrogens is 314 g/mol. The summed E-state index contributed by atoms with van der Waals surface area (Å²) in [6.45, 7) is 9.35. The number of aromatic nitrogens is 2. The lowest BCUT2D eigenvalue weighted by molar-refractivity contribution is -0.121. The molecule has 6 nitrogen and oxygen atoms in total. The summed E-state index contributed by atoms with van der Waals surface area (Å²) in [5.74, 6) is 1.14. The van der Waals surface area contributed by atoms with Crippen molar-refractivity contribution in [2.75, 3.05) is 11.9 Å². The zero-order valence-electron chi connectivity index (χ0n) is 14.9. The number of rotatable bonds is 2. The second-order valence-corrected chi connectivity index (χ2v) is 6.41. The van der Waals surface area contributed by atoms with Gasteiger partial charge in [-0.15, -0.1) is 0 Å². The highest BCUT2D eigenvalue weighted by Gasteiger charge is 2.45. The fraction of sp³-hybridized carbons (Fsp3) is 0.263. The Balaban J connectivity index is 2.15. The Bertz CT molecular complexity index is 868.